The van der Waals surface area contributed by atoms with Crippen LogP contribution in [0.15, 0.2) is 66.1 Å². The number of ether oxygens (including phenoxy) is 1. The van der Waals surface area contributed by atoms with Gasteiger partial charge in [-0.3, -0.25) is 14.8 Å². The molecule has 0 saturated heterocycles. The van der Waals surface area contributed by atoms with Crippen LogP contribution in [-0.2, 0) is 16.9 Å². The van der Waals surface area contributed by atoms with Crippen LogP contribution in [-0.4, -0.2) is 47.1 Å². The summed E-state index contributed by atoms with van der Waals surface area (Å²) in [5.74, 6) is 1.03. The third-order valence-corrected chi connectivity index (χ3v) is 6.11. The first kappa shape index (κ1) is 28.5. The number of hydrogen-bond acceptors (Lipinski definition) is 9. The second kappa shape index (κ2) is 12.5. The van der Waals surface area contributed by atoms with Gasteiger partial charge in [-0.1, -0.05) is 12.1 Å². The lowest BCUT2D eigenvalue weighted by Crippen LogP contribution is -2.23. The van der Waals surface area contributed by atoms with Gasteiger partial charge in [0.1, 0.15) is 16.7 Å². The van der Waals surface area contributed by atoms with Crippen LogP contribution < -0.4 is 21.1 Å². The van der Waals surface area contributed by atoms with Crippen molar-refractivity contribution in [1.29, 1.82) is 0 Å². The lowest BCUT2D eigenvalue weighted by atomic mass is 10.1. The normalized spacial score (nSPS) is 11.4. The predicted molar refractivity (Wildman–Crippen MR) is 150 cm³/mol. The number of aromatic nitrogens is 5. The number of pyridine rings is 1. The molecule has 40 heavy (non-hydrogen) atoms. The number of aliphatic hydroxyl groups is 1. The van der Waals surface area contributed by atoms with E-state index in [-0.39, 0.29) is 30.4 Å². The number of unbranched alkanes of at least 4 members (excludes halogenated alkanes) is 2. The molecule has 4 aromatic rings. The van der Waals surface area contributed by atoms with E-state index in [0.717, 1.165) is 18.5 Å². The zero-order valence-corrected chi connectivity index (χ0v) is 22.5. The highest BCUT2D eigenvalue weighted by Crippen LogP contribution is 2.23. The van der Waals surface area contributed by atoms with Crippen LogP contribution in [0.5, 0.6) is 5.75 Å². The number of hydrogen-bond donors (Lipinski definition) is 4. The highest BCUT2D eigenvalue weighted by atomic mass is 16.5. The lowest BCUT2D eigenvalue weighted by Gasteiger charge is -2.18. The molecule has 0 fully saturated rings. The number of rotatable bonds is 13. The van der Waals surface area contributed by atoms with E-state index in [1.807, 2.05) is 24.3 Å². The van der Waals surface area contributed by atoms with Gasteiger partial charge < -0.3 is 15.2 Å². The maximum Gasteiger partial charge on any atom is 0.278 e. The molecule has 3 aromatic heterocycles. The van der Waals surface area contributed by atoms with Gasteiger partial charge in [0.05, 0.1) is 18.8 Å². The van der Waals surface area contributed by atoms with Gasteiger partial charge in [-0.05, 0) is 69.5 Å². The average molecular weight is 548 g/mol. The summed E-state index contributed by atoms with van der Waals surface area (Å²) < 4.78 is 8.83. The van der Waals surface area contributed by atoms with Crippen LogP contribution in [0, 0.1) is 0 Å². The maximum atomic E-state index is 13.2. The minimum Gasteiger partial charge on any atom is -0.494 e. The Hall–Kier alpha value is -4.55. The van der Waals surface area contributed by atoms with E-state index < -0.39 is 5.60 Å². The summed E-state index contributed by atoms with van der Waals surface area (Å²) >= 11 is 0. The summed E-state index contributed by atoms with van der Waals surface area (Å²) in [5, 5.41) is 22.5. The van der Waals surface area contributed by atoms with Gasteiger partial charge in [-0.15, -0.1) is 6.58 Å². The Morgan fingerprint density at radius 1 is 1.12 bits per heavy atom. The van der Waals surface area contributed by atoms with Gasteiger partial charge >= 0.3 is 0 Å². The van der Waals surface area contributed by atoms with Crippen molar-refractivity contribution in [3.05, 3.63) is 77.4 Å². The van der Waals surface area contributed by atoms with E-state index in [0.29, 0.717) is 41.3 Å². The van der Waals surface area contributed by atoms with E-state index in [1.165, 1.54) is 10.9 Å². The van der Waals surface area contributed by atoms with Crippen LogP contribution >= 0.6 is 0 Å². The number of amides is 1. The van der Waals surface area contributed by atoms with Gasteiger partial charge in [0.2, 0.25) is 11.9 Å². The quantitative estimate of drug-likeness (QED) is 0.0850. The van der Waals surface area contributed by atoms with Crippen molar-refractivity contribution in [2.24, 2.45) is 0 Å². The van der Waals surface area contributed by atoms with Gasteiger partial charge in [0, 0.05) is 18.3 Å². The number of anilines is 2. The van der Waals surface area contributed by atoms with Gasteiger partial charge in [0.25, 0.3) is 5.56 Å². The second-order valence-electron chi connectivity index (χ2n) is 9.70. The maximum absolute atomic E-state index is 13.2. The number of nitrogens with one attached hydrogen (secondary N) is 2. The molecular weight excluding hydrogens is 514 g/mol. The number of fused-ring (bicyclic) bond motifs is 1. The van der Waals surface area contributed by atoms with Crippen LogP contribution in [0.4, 0.5) is 11.6 Å². The zero-order chi connectivity index (χ0) is 28.7. The first-order valence-corrected chi connectivity index (χ1v) is 12.9. The van der Waals surface area contributed by atoms with Crippen molar-refractivity contribution >= 4 is 28.6 Å². The summed E-state index contributed by atoms with van der Waals surface area (Å²) in [4.78, 5) is 37.7. The Bertz CT molecular complexity index is 1540. The number of carbonyl (C=O) groups is 1. The fraction of sp³-hybridized carbons (Fsp3) is 0.321. The molecule has 3 heterocycles. The smallest absolute Gasteiger partial charge is 0.278 e. The molecule has 0 bridgehead atoms. The fourth-order valence-corrected chi connectivity index (χ4v) is 4.06. The first-order valence-electron chi connectivity index (χ1n) is 12.9. The lowest BCUT2D eigenvalue weighted by molar-refractivity contribution is -0.129. The molecule has 4 rings (SSSR count). The molecule has 4 N–H and O–H groups in total. The van der Waals surface area contributed by atoms with Gasteiger partial charge in [-0.25, -0.2) is 24.8 Å². The minimum absolute atomic E-state index is 0.228. The molecule has 0 saturated carbocycles. The summed E-state index contributed by atoms with van der Waals surface area (Å²) in [5.41, 5.74) is 1.71. The first-order chi connectivity index (χ1) is 19.2. The molecule has 0 atom stereocenters. The van der Waals surface area contributed by atoms with Gasteiger partial charge in [-0.2, -0.15) is 4.98 Å². The molecule has 0 aliphatic heterocycles. The van der Waals surface area contributed by atoms with Crippen molar-refractivity contribution in [1.82, 2.24) is 29.8 Å². The third kappa shape index (κ3) is 6.71. The monoisotopic (exact) mass is 547 g/mol. The number of carbonyl (C=O) groups excluding carboxylic acids is 1. The Kier molecular flexibility index (Phi) is 8.92. The van der Waals surface area contributed by atoms with E-state index in [9.17, 15) is 14.7 Å². The standard InChI is InChI=1S/C28H33N7O5/c1-4-16-34-26(37)21-18-29-27(32-25(21)35(34)23-10-8-9-22(31-23)28(2,3)38)30-19-12-14-20(15-13-19)40-17-7-5-6-11-24(36)33-39/h4,8-10,12-15,18,38-39H,1,5-7,11,16-17H2,2-3H3,(H,33,36)(H,29,30,32). The van der Waals surface area contributed by atoms with Crippen molar-refractivity contribution < 1.29 is 19.8 Å². The molecule has 0 spiro atoms. The number of hydroxylamine groups is 1. The minimum atomic E-state index is -1.17. The largest absolute Gasteiger partial charge is 0.494 e. The molecular formula is C28H33N7O5. The highest BCUT2D eigenvalue weighted by molar-refractivity contribution is 5.77. The molecule has 1 aromatic carbocycles. The predicted octanol–water partition coefficient (Wildman–Crippen LogP) is 3.58. The molecule has 1 amide bonds. The van der Waals surface area contributed by atoms with Crippen molar-refractivity contribution in [2.75, 3.05) is 11.9 Å². The summed E-state index contributed by atoms with van der Waals surface area (Å²) in [6, 6.07) is 12.5. The molecule has 12 nitrogen and oxygen atoms in total. The molecule has 12 heteroatoms. The van der Waals surface area contributed by atoms with E-state index in [2.05, 4.69) is 26.8 Å². The zero-order valence-electron chi connectivity index (χ0n) is 22.5. The molecule has 0 radical (unpaired) electrons. The summed E-state index contributed by atoms with van der Waals surface area (Å²) in [6.45, 7) is 7.79. The molecule has 0 aliphatic rings. The van der Waals surface area contributed by atoms with Crippen molar-refractivity contribution in [2.45, 2.75) is 51.7 Å². The number of nitrogens with zero attached hydrogens (tertiary/aromatic N) is 5. The Morgan fingerprint density at radius 2 is 1.90 bits per heavy atom. The topological polar surface area (TPSA) is 156 Å². The van der Waals surface area contributed by atoms with Crippen molar-refractivity contribution in [3.8, 4) is 11.6 Å². The van der Waals surface area contributed by atoms with Crippen molar-refractivity contribution in [3.63, 3.8) is 0 Å². The highest BCUT2D eigenvalue weighted by Gasteiger charge is 2.21. The number of benzene rings is 1. The second-order valence-corrected chi connectivity index (χ2v) is 9.70. The van der Waals surface area contributed by atoms with Crippen LogP contribution in [0.3, 0.4) is 0 Å². The van der Waals surface area contributed by atoms with E-state index >= 15 is 0 Å². The third-order valence-electron chi connectivity index (χ3n) is 6.11. The molecule has 0 unspecified atom stereocenters. The number of allylic oxidation sites excluding steroid dienone is 1. The van der Waals surface area contributed by atoms with Crippen LogP contribution in [0.1, 0.15) is 45.2 Å². The molecule has 0 aliphatic carbocycles. The fourth-order valence-electron chi connectivity index (χ4n) is 4.06. The van der Waals surface area contributed by atoms with Crippen LogP contribution in [0.25, 0.3) is 16.9 Å². The van der Waals surface area contributed by atoms with E-state index in [1.54, 1.807) is 48.3 Å². The Balaban J connectivity index is 1.52. The average Bonchev–Trinajstić information content (AvgIpc) is 3.21. The van der Waals surface area contributed by atoms with E-state index in [4.69, 9.17) is 9.94 Å². The summed E-state index contributed by atoms with van der Waals surface area (Å²) in [6.07, 6.45) is 5.64. The Morgan fingerprint density at radius 3 is 2.60 bits per heavy atom. The Labute approximate surface area is 230 Å². The molecule has 210 valence electrons. The van der Waals surface area contributed by atoms with Crippen LogP contribution in [0.2, 0.25) is 0 Å². The SMILES string of the molecule is C=CCn1c(=O)c2cnc(Nc3ccc(OCCCCCC(=O)NO)cc3)nc2n1-c1cccc(C(C)(C)O)n1. The van der Waals surface area contributed by atoms with Gasteiger partial charge in [0.15, 0.2) is 11.5 Å². The summed E-state index contributed by atoms with van der Waals surface area (Å²) in [7, 11) is 0.